The van der Waals surface area contributed by atoms with Crippen LogP contribution in [-0.4, -0.2) is 23.6 Å². The van der Waals surface area contributed by atoms with E-state index in [0.717, 1.165) is 0 Å². The van der Waals surface area contributed by atoms with Gasteiger partial charge in [-0.15, -0.1) is 23.2 Å². The minimum atomic E-state index is -0.269. The van der Waals surface area contributed by atoms with Gasteiger partial charge in [-0.05, 0) is 48.5 Å². The number of carbonyl (C=O) groups is 2. The fraction of sp³-hybridized carbons (Fsp3) is 0.125. The van der Waals surface area contributed by atoms with Crippen molar-refractivity contribution in [1.82, 2.24) is 0 Å². The van der Waals surface area contributed by atoms with Gasteiger partial charge in [-0.3, -0.25) is 9.59 Å². The van der Waals surface area contributed by atoms with Crippen LogP contribution in [0.25, 0.3) is 0 Å². The van der Waals surface area contributed by atoms with Crippen molar-refractivity contribution < 1.29 is 14.3 Å². The molecule has 0 aliphatic carbocycles. The summed E-state index contributed by atoms with van der Waals surface area (Å²) >= 11 is 10.8. The highest BCUT2D eigenvalue weighted by Gasteiger charge is 2.03. The summed E-state index contributed by atoms with van der Waals surface area (Å²) in [5.74, 6) is 0.512. The van der Waals surface area contributed by atoms with E-state index in [1.165, 1.54) is 0 Å². The number of hydrogen-bond acceptors (Lipinski definition) is 3. The number of benzene rings is 2. The minimum Gasteiger partial charge on any atom is -0.457 e. The predicted molar refractivity (Wildman–Crippen MR) is 91.7 cm³/mol. The van der Waals surface area contributed by atoms with Gasteiger partial charge in [-0.2, -0.15) is 0 Å². The number of amides is 2. The number of alkyl halides is 2. The van der Waals surface area contributed by atoms with Crippen molar-refractivity contribution in [2.24, 2.45) is 0 Å². The normalized spacial score (nSPS) is 10.0. The zero-order valence-electron chi connectivity index (χ0n) is 12.0. The van der Waals surface area contributed by atoms with Crippen molar-refractivity contribution >= 4 is 46.4 Å². The first-order chi connectivity index (χ1) is 11.1. The second-order valence-electron chi connectivity index (χ2n) is 4.51. The summed E-state index contributed by atoms with van der Waals surface area (Å²) in [6.45, 7) is 0. The minimum absolute atomic E-state index is 0.0924. The summed E-state index contributed by atoms with van der Waals surface area (Å²) in [4.78, 5) is 22.3. The molecule has 0 bridgehead atoms. The molecule has 0 heterocycles. The van der Waals surface area contributed by atoms with E-state index in [0.29, 0.717) is 22.9 Å². The number of nitrogens with one attached hydrogen (secondary N) is 2. The molecular formula is C16H14Cl2N2O3. The Kier molecular flexibility index (Phi) is 6.26. The molecule has 2 aromatic carbocycles. The quantitative estimate of drug-likeness (QED) is 0.776. The summed E-state index contributed by atoms with van der Waals surface area (Å²) in [6, 6.07) is 13.8. The maximum atomic E-state index is 11.2. The van der Waals surface area contributed by atoms with Gasteiger partial charge < -0.3 is 15.4 Å². The number of hydrogen-bond donors (Lipinski definition) is 2. The molecule has 0 saturated heterocycles. The monoisotopic (exact) mass is 352 g/mol. The lowest BCUT2D eigenvalue weighted by Crippen LogP contribution is -2.12. The summed E-state index contributed by atoms with van der Waals surface area (Å²) < 4.78 is 5.67. The molecule has 0 aliphatic heterocycles. The molecule has 0 spiro atoms. The number of ether oxygens (including phenoxy) is 1. The van der Waals surface area contributed by atoms with E-state index in [-0.39, 0.29) is 23.6 Å². The van der Waals surface area contributed by atoms with Gasteiger partial charge >= 0.3 is 0 Å². The zero-order chi connectivity index (χ0) is 16.7. The third-order valence-corrected chi connectivity index (χ3v) is 3.24. The molecule has 5 nitrogen and oxygen atoms in total. The van der Waals surface area contributed by atoms with Crippen LogP contribution in [0.5, 0.6) is 11.5 Å². The van der Waals surface area contributed by atoms with Crippen molar-refractivity contribution in [2.45, 2.75) is 0 Å². The van der Waals surface area contributed by atoms with Crippen molar-refractivity contribution in [3.05, 3.63) is 48.5 Å². The second-order valence-corrected chi connectivity index (χ2v) is 5.05. The molecule has 0 aromatic heterocycles. The van der Waals surface area contributed by atoms with Gasteiger partial charge in [0, 0.05) is 11.4 Å². The van der Waals surface area contributed by atoms with Gasteiger partial charge in [0.15, 0.2) is 0 Å². The van der Waals surface area contributed by atoms with Crippen molar-refractivity contribution in [3.63, 3.8) is 0 Å². The standard InChI is InChI=1S/C16H14Cl2N2O3/c17-9-15(21)19-11-1-5-13(6-2-11)23-14-7-3-12(4-8-14)20-16(22)10-18/h1-8H,9-10H2,(H,19,21)(H,20,22). The molecule has 23 heavy (non-hydrogen) atoms. The number of rotatable bonds is 6. The van der Waals surface area contributed by atoms with Crippen LogP contribution in [0.2, 0.25) is 0 Å². The first kappa shape index (κ1) is 17.1. The Bertz CT molecular complexity index is 613. The van der Waals surface area contributed by atoms with Crippen LogP contribution in [0.3, 0.4) is 0 Å². The molecule has 0 saturated carbocycles. The van der Waals surface area contributed by atoms with Gasteiger partial charge in [0.1, 0.15) is 23.3 Å². The van der Waals surface area contributed by atoms with E-state index in [9.17, 15) is 9.59 Å². The molecule has 0 radical (unpaired) electrons. The van der Waals surface area contributed by atoms with Gasteiger partial charge in [0.2, 0.25) is 11.8 Å². The number of anilines is 2. The van der Waals surface area contributed by atoms with Crippen LogP contribution in [0.1, 0.15) is 0 Å². The van der Waals surface area contributed by atoms with E-state index in [1.54, 1.807) is 48.5 Å². The van der Waals surface area contributed by atoms with Crippen molar-refractivity contribution in [3.8, 4) is 11.5 Å². The number of halogens is 2. The van der Waals surface area contributed by atoms with Crippen LogP contribution in [-0.2, 0) is 9.59 Å². The zero-order valence-corrected chi connectivity index (χ0v) is 13.5. The van der Waals surface area contributed by atoms with Crippen LogP contribution in [0.15, 0.2) is 48.5 Å². The highest BCUT2D eigenvalue weighted by Crippen LogP contribution is 2.24. The topological polar surface area (TPSA) is 67.4 Å². The van der Waals surface area contributed by atoms with E-state index < -0.39 is 0 Å². The summed E-state index contributed by atoms with van der Waals surface area (Å²) in [7, 11) is 0. The van der Waals surface area contributed by atoms with Crippen LogP contribution < -0.4 is 15.4 Å². The Morgan fingerprint density at radius 1 is 0.739 bits per heavy atom. The van der Waals surface area contributed by atoms with E-state index in [2.05, 4.69) is 10.6 Å². The first-order valence-corrected chi connectivity index (χ1v) is 7.77. The largest absolute Gasteiger partial charge is 0.457 e. The summed E-state index contributed by atoms with van der Waals surface area (Å²) in [5, 5.41) is 5.27. The molecule has 0 atom stereocenters. The maximum absolute atomic E-state index is 11.2. The van der Waals surface area contributed by atoms with Gasteiger partial charge in [0.05, 0.1) is 0 Å². The lowest BCUT2D eigenvalue weighted by molar-refractivity contribution is -0.114. The molecule has 0 fully saturated rings. The van der Waals surface area contributed by atoms with Crippen molar-refractivity contribution in [2.75, 3.05) is 22.4 Å². The molecule has 2 aromatic rings. The molecule has 7 heteroatoms. The Labute approximate surface area is 143 Å². The average Bonchev–Trinajstić information content (AvgIpc) is 2.58. The maximum Gasteiger partial charge on any atom is 0.239 e. The fourth-order valence-corrected chi connectivity index (χ4v) is 1.87. The predicted octanol–water partition coefficient (Wildman–Crippen LogP) is 3.83. The molecule has 2 N–H and O–H groups in total. The Morgan fingerprint density at radius 3 is 1.39 bits per heavy atom. The lowest BCUT2D eigenvalue weighted by Gasteiger charge is -2.08. The highest BCUT2D eigenvalue weighted by molar-refractivity contribution is 6.29. The lowest BCUT2D eigenvalue weighted by atomic mass is 10.3. The second kappa shape index (κ2) is 8.41. The Morgan fingerprint density at radius 2 is 1.09 bits per heavy atom. The third-order valence-electron chi connectivity index (χ3n) is 2.75. The molecule has 0 unspecified atom stereocenters. The number of carbonyl (C=O) groups excluding carboxylic acids is 2. The Hall–Kier alpha value is -2.24. The van der Waals surface area contributed by atoms with Crippen LogP contribution in [0.4, 0.5) is 11.4 Å². The van der Waals surface area contributed by atoms with Crippen LogP contribution >= 0.6 is 23.2 Å². The van der Waals surface area contributed by atoms with Crippen molar-refractivity contribution in [1.29, 1.82) is 0 Å². The summed E-state index contributed by atoms with van der Waals surface area (Å²) in [5.41, 5.74) is 1.28. The molecule has 2 rings (SSSR count). The molecular weight excluding hydrogens is 339 g/mol. The Balaban J connectivity index is 1.96. The fourth-order valence-electron chi connectivity index (χ4n) is 1.74. The van der Waals surface area contributed by atoms with Gasteiger partial charge in [0.25, 0.3) is 0 Å². The van der Waals surface area contributed by atoms with E-state index in [1.807, 2.05) is 0 Å². The van der Waals surface area contributed by atoms with Gasteiger partial charge in [-0.1, -0.05) is 0 Å². The molecule has 0 aliphatic rings. The average molecular weight is 353 g/mol. The first-order valence-electron chi connectivity index (χ1n) is 6.70. The molecule has 2 amide bonds. The smallest absolute Gasteiger partial charge is 0.239 e. The van der Waals surface area contributed by atoms with Crippen LogP contribution in [0, 0.1) is 0 Å². The SMILES string of the molecule is O=C(CCl)Nc1ccc(Oc2ccc(NC(=O)CCl)cc2)cc1. The van der Waals surface area contributed by atoms with Gasteiger partial charge in [-0.25, -0.2) is 0 Å². The van der Waals surface area contributed by atoms with E-state index in [4.69, 9.17) is 27.9 Å². The summed E-state index contributed by atoms with van der Waals surface area (Å²) in [6.07, 6.45) is 0. The van der Waals surface area contributed by atoms with E-state index >= 15 is 0 Å². The highest BCUT2D eigenvalue weighted by atomic mass is 35.5. The molecule has 120 valence electrons. The third kappa shape index (κ3) is 5.47.